The van der Waals surface area contributed by atoms with Gasteiger partial charge in [0.05, 0.1) is 14.2 Å². The third kappa shape index (κ3) is 3.52. The van der Waals surface area contributed by atoms with Crippen LogP contribution in [0.25, 0.3) is 11.2 Å². The minimum absolute atomic E-state index is 0.358. The van der Waals surface area contributed by atoms with Crippen LogP contribution in [-0.4, -0.2) is 40.3 Å². The molecule has 9 heteroatoms. The molecule has 0 aliphatic heterocycles. The molecule has 0 fully saturated rings. The minimum Gasteiger partial charge on any atom is -0.493 e. The summed E-state index contributed by atoms with van der Waals surface area (Å²) in [6.45, 7) is 3.41. The molecule has 0 saturated carbocycles. The van der Waals surface area contributed by atoms with Gasteiger partial charge in [0, 0.05) is 13.1 Å². The number of benzene rings is 1. The smallest absolute Gasteiger partial charge is 0.226 e. The van der Waals surface area contributed by atoms with Gasteiger partial charge in [-0.15, -0.1) is 0 Å². The summed E-state index contributed by atoms with van der Waals surface area (Å²) in [6, 6.07) is 5.86. The Labute approximate surface area is 159 Å². The summed E-state index contributed by atoms with van der Waals surface area (Å²) >= 11 is 3.42. The number of rotatable bonds is 7. The Kier molecular flexibility index (Phi) is 5.46. The molecule has 138 valence electrons. The van der Waals surface area contributed by atoms with Gasteiger partial charge >= 0.3 is 0 Å². The average Bonchev–Trinajstić information content (AvgIpc) is 2.97. The summed E-state index contributed by atoms with van der Waals surface area (Å²) in [4.78, 5) is 13.2. The summed E-state index contributed by atoms with van der Waals surface area (Å²) in [5, 5.41) is 3.22. The van der Waals surface area contributed by atoms with Gasteiger partial charge in [-0.25, -0.2) is 4.98 Å². The lowest BCUT2D eigenvalue weighted by Crippen LogP contribution is -2.10. The first-order valence-corrected chi connectivity index (χ1v) is 9.00. The largest absolute Gasteiger partial charge is 0.493 e. The molecular formula is C17H21BrN6O2. The van der Waals surface area contributed by atoms with Crippen LogP contribution in [0.2, 0.25) is 0 Å². The fraction of sp³-hybridized carbons (Fsp3) is 0.353. The highest BCUT2D eigenvalue weighted by Crippen LogP contribution is 2.28. The van der Waals surface area contributed by atoms with Gasteiger partial charge in [0.15, 0.2) is 33.2 Å². The quantitative estimate of drug-likeness (QED) is 0.566. The van der Waals surface area contributed by atoms with Crippen molar-refractivity contribution >= 4 is 38.9 Å². The Morgan fingerprint density at radius 3 is 2.62 bits per heavy atom. The van der Waals surface area contributed by atoms with Gasteiger partial charge in [-0.05, 0) is 47.0 Å². The van der Waals surface area contributed by atoms with Crippen molar-refractivity contribution in [3.05, 3.63) is 28.5 Å². The lowest BCUT2D eigenvalue weighted by Gasteiger charge is -2.10. The molecule has 0 aliphatic carbocycles. The van der Waals surface area contributed by atoms with Gasteiger partial charge in [-0.3, -0.25) is 0 Å². The molecule has 3 N–H and O–H groups in total. The monoisotopic (exact) mass is 420 g/mol. The number of anilines is 2. The molecule has 0 radical (unpaired) electrons. The van der Waals surface area contributed by atoms with E-state index in [0.717, 1.165) is 18.5 Å². The first-order chi connectivity index (χ1) is 12.6. The van der Waals surface area contributed by atoms with Crippen LogP contribution < -0.4 is 20.5 Å². The number of nitrogens with zero attached hydrogens (tertiary/aromatic N) is 4. The summed E-state index contributed by atoms with van der Waals surface area (Å²) in [5.41, 5.74) is 8.45. The van der Waals surface area contributed by atoms with Crippen molar-refractivity contribution < 1.29 is 9.47 Å². The van der Waals surface area contributed by atoms with Crippen LogP contribution in [0.1, 0.15) is 12.5 Å². The van der Waals surface area contributed by atoms with Gasteiger partial charge in [-0.1, -0.05) is 6.07 Å². The number of hydrogen-bond donors (Lipinski definition) is 2. The van der Waals surface area contributed by atoms with Crippen LogP contribution in [0.15, 0.2) is 22.9 Å². The summed E-state index contributed by atoms with van der Waals surface area (Å²) in [5.74, 6) is 2.27. The SMILES string of the molecule is CCn1c(Br)nc2c(N)nc(NCCc3ccc(OC)c(OC)c3)nc21. The second kappa shape index (κ2) is 7.77. The van der Waals surface area contributed by atoms with E-state index in [1.165, 1.54) is 0 Å². The second-order valence-electron chi connectivity index (χ2n) is 5.60. The van der Waals surface area contributed by atoms with Crippen LogP contribution >= 0.6 is 15.9 Å². The van der Waals surface area contributed by atoms with E-state index in [-0.39, 0.29) is 0 Å². The minimum atomic E-state index is 0.358. The number of imidazole rings is 1. The Morgan fingerprint density at radius 2 is 1.92 bits per heavy atom. The number of nitrogens with two attached hydrogens (primary N) is 1. The molecule has 0 bridgehead atoms. The molecule has 0 unspecified atom stereocenters. The van der Waals surface area contributed by atoms with Gasteiger partial charge in [0.1, 0.15) is 0 Å². The predicted molar refractivity (Wildman–Crippen MR) is 105 cm³/mol. The molecular weight excluding hydrogens is 400 g/mol. The molecule has 2 aromatic heterocycles. The Balaban J connectivity index is 1.74. The Morgan fingerprint density at radius 1 is 1.15 bits per heavy atom. The number of aromatic nitrogens is 4. The maximum absolute atomic E-state index is 6.03. The third-order valence-electron chi connectivity index (χ3n) is 4.04. The highest BCUT2D eigenvalue weighted by Gasteiger charge is 2.14. The van der Waals surface area contributed by atoms with Crippen LogP contribution in [0.3, 0.4) is 0 Å². The molecule has 3 aromatic rings. The molecule has 2 heterocycles. The Bertz CT molecular complexity index is 927. The predicted octanol–water partition coefficient (Wildman–Crippen LogP) is 2.86. The number of ether oxygens (including phenoxy) is 2. The number of halogens is 1. The molecule has 8 nitrogen and oxygen atoms in total. The van der Waals surface area contributed by atoms with E-state index in [1.807, 2.05) is 29.7 Å². The fourth-order valence-electron chi connectivity index (χ4n) is 2.71. The molecule has 0 atom stereocenters. The average molecular weight is 421 g/mol. The lowest BCUT2D eigenvalue weighted by atomic mass is 10.1. The lowest BCUT2D eigenvalue weighted by molar-refractivity contribution is 0.354. The summed E-state index contributed by atoms with van der Waals surface area (Å²) in [6.07, 6.45) is 0.776. The normalized spacial score (nSPS) is 10.9. The van der Waals surface area contributed by atoms with E-state index in [1.54, 1.807) is 14.2 Å². The van der Waals surface area contributed by atoms with Crippen LogP contribution in [0, 0.1) is 0 Å². The highest BCUT2D eigenvalue weighted by molar-refractivity contribution is 9.10. The van der Waals surface area contributed by atoms with Gasteiger partial charge in [-0.2, -0.15) is 9.97 Å². The molecule has 0 amide bonds. The first-order valence-electron chi connectivity index (χ1n) is 8.21. The molecule has 26 heavy (non-hydrogen) atoms. The molecule has 0 spiro atoms. The molecule has 3 rings (SSSR count). The van der Waals surface area contributed by atoms with Crippen LogP contribution in [0.4, 0.5) is 11.8 Å². The number of hydrogen-bond acceptors (Lipinski definition) is 7. The third-order valence-corrected chi connectivity index (χ3v) is 4.64. The van der Waals surface area contributed by atoms with E-state index >= 15 is 0 Å². The van der Waals surface area contributed by atoms with Crippen LogP contribution in [0.5, 0.6) is 11.5 Å². The van der Waals surface area contributed by atoms with E-state index in [0.29, 0.717) is 45.7 Å². The van der Waals surface area contributed by atoms with Crippen molar-refractivity contribution in [3.63, 3.8) is 0 Å². The number of aryl methyl sites for hydroxylation is 1. The van der Waals surface area contributed by atoms with Crippen molar-refractivity contribution in [2.45, 2.75) is 19.9 Å². The number of methoxy groups -OCH3 is 2. The zero-order valence-electron chi connectivity index (χ0n) is 14.9. The maximum Gasteiger partial charge on any atom is 0.226 e. The van der Waals surface area contributed by atoms with Crippen molar-refractivity contribution in [1.82, 2.24) is 19.5 Å². The topological polar surface area (TPSA) is 100 Å². The van der Waals surface area contributed by atoms with Crippen molar-refractivity contribution in [1.29, 1.82) is 0 Å². The number of nitrogens with one attached hydrogen (secondary N) is 1. The van der Waals surface area contributed by atoms with Gasteiger partial charge in [0.2, 0.25) is 5.95 Å². The Hall–Kier alpha value is -2.55. The maximum atomic E-state index is 6.03. The molecule has 0 saturated heterocycles. The van der Waals surface area contributed by atoms with E-state index in [9.17, 15) is 0 Å². The van der Waals surface area contributed by atoms with Crippen molar-refractivity contribution in [3.8, 4) is 11.5 Å². The van der Waals surface area contributed by atoms with Gasteiger partial charge < -0.3 is 25.1 Å². The number of nitrogen functional groups attached to an aromatic ring is 1. The highest BCUT2D eigenvalue weighted by atomic mass is 79.9. The second-order valence-corrected chi connectivity index (χ2v) is 6.31. The standard InChI is InChI=1S/C17H21BrN6O2/c1-4-24-15-13(21-16(24)18)14(19)22-17(23-15)20-8-7-10-5-6-11(25-2)12(9-10)26-3/h5-6,9H,4,7-8H2,1-3H3,(H3,19,20,22,23). The molecule has 0 aliphatic rings. The summed E-state index contributed by atoms with van der Waals surface area (Å²) in [7, 11) is 3.25. The summed E-state index contributed by atoms with van der Waals surface area (Å²) < 4.78 is 13.2. The first kappa shape index (κ1) is 18.2. The fourth-order valence-corrected chi connectivity index (χ4v) is 3.31. The zero-order valence-corrected chi connectivity index (χ0v) is 16.5. The van der Waals surface area contributed by atoms with Crippen molar-refractivity contribution in [2.75, 3.05) is 31.8 Å². The van der Waals surface area contributed by atoms with Crippen molar-refractivity contribution in [2.24, 2.45) is 0 Å². The van der Waals surface area contributed by atoms with Gasteiger partial charge in [0.25, 0.3) is 0 Å². The molecule has 1 aromatic carbocycles. The van der Waals surface area contributed by atoms with Crippen LogP contribution in [-0.2, 0) is 13.0 Å². The number of fused-ring (bicyclic) bond motifs is 1. The van der Waals surface area contributed by atoms with E-state index in [2.05, 4.69) is 36.2 Å². The van der Waals surface area contributed by atoms with E-state index in [4.69, 9.17) is 15.2 Å². The van der Waals surface area contributed by atoms with E-state index < -0.39 is 0 Å². The zero-order chi connectivity index (χ0) is 18.7.